The Bertz CT molecular complexity index is 3020. The Labute approximate surface area is 406 Å². The molecule has 4 heterocycles. The summed E-state index contributed by atoms with van der Waals surface area (Å²) in [4.78, 5) is 13.8. The molecule has 0 saturated heterocycles. The molecule has 4 aromatic heterocycles. The fraction of sp³-hybridized carbons (Fsp3) is 0.237. The van der Waals surface area contributed by atoms with Crippen LogP contribution in [0.4, 0.5) is 4.39 Å². The SMILES string of the molecule is CC(C)c1cc(-c2ccccc2)ncc1[Si](C)(C)C.CCc1ccnc(-c2ccccc2)c1.Cc1cnc(-c2cccc3c2oc2cc(-c4cccc(F)c4)ccc23)cc1CC(C)(C)C.[Ir]. The molecule has 1 radical (unpaired) electrons. The number of aromatic nitrogens is 3. The molecule has 0 aliphatic rings. The maximum Gasteiger partial charge on any atom is 0.144 e. The van der Waals surface area contributed by atoms with E-state index in [4.69, 9.17) is 14.4 Å². The summed E-state index contributed by atoms with van der Waals surface area (Å²) in [5, 5.41) is 3.59. The Morgan fingerprint density at radius 2 is 1.24 bits per heavy atom. The van der Waals surface area contributed by atoms with Crippen LogP contribution in [0.15, 0.2) is 169 Å². The predicted octanol–water partition coefficient (Wildman–Crippen LogP) is 16.1. The van der Waals surface area contributed by atoms with Crippen molar-refractivity contribution in [1.82, 2.24) is 15.0 Å². The van der Waals surface area contributed by atoms with Gasteiger partial charge in [-0.15, -0.1) is 0 Å². The Balaban J connectivity index is 0.000000180. The average molecular weight is 1070 g/mol. The van der Waals surface area contributed by atoms with Crippen LogP contribution in [0.2, 0.25) is 19.6 Å². The fourth-order valence-electron chi connectivity index (χ4n) is 8.13. The van der Waals surface area contributed by atoms with Gasteiger partial charge in [-0.1, -0.05) is 152 Å². The van der Waals surface area contributed by atoms with Gasteiger partial charge in [0, 0.05) is 66.2 Å². The molecule has 4 nitrogen and oxygen atoms in total. The van der Waals surface area contributed by atoms with Crippen LogP contribution in [0.1, 0.15) is 69.7 Å². The number of nitrogens with zero attached hydrogens (tertiary/aromatic N) is 3. The van der Waals surface area contributed by atoms with Gasteiger partial charge in [-0.2, -0.15) is 0 Å². The Hall–Kier alpha value is -5.85. The van der Waals surface area contributed by atoms with Crippen molar-refractivity contribution in [3.63, 3.8) is 0 Å². The molecule has 0 N–H and O–H groups in total. The van der Waals surface area contributed by atoms with Gasteiger partial charge in [0.05, 0.1) is 25.2 Å². The zero-order chi connectivity index (χ0) is 46.3. The molecule has 0 amide bonds. The summed E-state index contributed by atoms with van der Waals surface area (Å²) in [5.41, 5.74) is 15.3. The third-order valence-corrected chi connectivity index (χ3v) is 13.6. The van der Waals surface area contributed by atoms with E-state index in [-0.39, 0.29) is 31.3 Å². The van der Waals surface area contributed by atoms with Gasteiger partial charge in [0.25, 0.3) is 0 Å². The zero-order valence-electron chi connectivity index (χ0n) is 40.0. The largest absolute Gasteiger partial charge is 0.455 e. The first-order chi connectivity index (χ1) is 31.1. The standard InChI is InChI=1S/C29H26FNO.C17H23NSi.C13H13N.Ir/c1-18-17-31-26(14-21(18)16-29(2,3)4)25-10-6-9-24-23-12-11-20(15-27(23)32-28(24)25)19-7-5-8-22(30)13-19;1-13(2)15-11-16(14-9-7-6-8-10-14)18-12-17(15)19(3,4)5;1-2-11-8-9-14-13(10-11)12-6-4-3-5-7-12;/h5-15,17H,16H2,1-4H3;6-13H,1-5H3;3-10H,2H2,1H3;. The number of benzene rings is 5. The smallest absolute Gasteiger partial charge is 0.144 e. The maximum atomic E-state index is 13.7. The Morgan fingerprint density at radius 3 is 1.86 bits per heavy atom. The topological polar surface area (TPSA) is 51.8 Å². The number of furan rings is 1. The number of hydrogen-bond donors (Lipinski definition) is 0. The van der Waals surface area contributed by atoms with Crippen molar-refractivity contribution in [2.45, 2.75) is 86.9 Å². The Morgan fingerprint density at radius 1 is 0.621 bits per heavy atom. The molecule has 7 heteroatoms. The summed E-state index contributed by atoms with van der Waals surface area (Å²) in [5.74, 6) is 0.304. The maximum absolute atomic E-state index is 13.7. The fourth-order valence-corrected chi connectivity index (χ4v) is 9.80. The van der Waals surface area contributed by atoms with Crippen molar-refractivity contribution in [2.75, 3.05) is 0 Å². The van der Waals surface area contributed by atoms with Gasteiger partial charge in [-0.3, -0.25) is 15.0 Å². The monoisotopic (exact) mass is 1070 g/mol. The second kappa shape index (κ2) is 21.6. The number of fused-ring (bicyclic) bond motifs is 3. The van der Waals surface area contributed by atoms with Crippen molar-refractivity contribution in [3.8, 4) is 44.9 Å². The second-order valence-electron chi connectivity index (χ2n) is 19.4. The molecular weight excluding hydrogens is 1010 g/mol. The van der Waals surface area contributed by atoms with Crippen LogP contribution >= 0.6 is 0 Å². The summed E-state index contributed by atoms with van der Waals surface area (Å²) in [6.07, 6.45) is 7.99. The molecule has 0 atom stereocenters. The van der Waals surface area contributed by atoms with E-state index in [0.717, 1.165) is 68.6 Å². The van der Waals surface area contributed by atoms with Gasteiger partial charge in [-0.05, 0) is 124 Å². The minimum absolute atomic E-state index is 0. The zero-order valence-corrected chi connectivity index (χ0v) is 43.4. The minimum atomic E-state index is -1.33. The molecule has 66 heavy (non-hydrogen) atoms. The van der Waals surface area contributed by atoms with Crippen molar-refractivity contribution >= 4 is 35.2 Å². The molecule has 0 aliphatic carbocycles. The van der Waals surface area contributed by atoms with Gasteiger partial charge >= 0.3 is 0 Å². The van der Waals surface area contributed by atoms with Crippen LogP contribution in [-0.4, -0.2) is 23.0 Å². The first-order valence-electron chi connectivity index (χ1n) is 22.8. The molecule has 9 rings (SSSR count). The van der Waals surface area contributed by atoms with Gasteiger partial charge in [0.15, 0.2) is 0 Å². The van der Waals surface area contributed by atoms with Crippen molar-refractivity contribution < 1.29 is 28.9 Å². The van der Waals surface area contributed by atoms with E-state index in [1.165, 1.54) is 44.6 Å². The van der Waals surface area contributed by atoms with Crippen molar-refractivity contribution in [1.29, 1.82) is 0 Å². The molecule has 0 saturated carbocycles. The number of rotatable bonds is 8. The van der Waals surface area contributed by atoms with E-state index in [1.54, 1.807) is 12.1 Å². The molecule has 0 aliphatic heterocycles. The average Bonchev–Trinajstić information content (AvgIpc) is 3.68. The first kappa shape index (κ1) is 49.6. The van der Waals surface area contributed by atoms with Gasteiger partial charge in [-0.25, -0.2) is 4.39 Å². The molecular formula is C59H62FIrN3OSi. The third kappa shape index (κ3) is 12.3. The molecule has 0 unspecified atom stereocenters. The molecule has 0 spiro atoms. The van der Waals surface area contributed by atoms with Crippen molar-refractivity contribution in [2.24, 2.45) is 5.41 Å². The second-order valence-corrected chi connectivity index (χ2v) is 24.5. The number of pyridine rings is 3. The normalized spacial score (nSPS) is 11.4. The molecule has 0 bridgehead atoms. The summed E-state index contributed by atoms with van der Waals surface area (Å²) in [7, 11) is -1.33. The summed E-state index contributed by atoms with van der Waals surface area (Å²) < 4.78 is 20.1. The van der Waals surface area contributed by atoms with E-state index in [1.807, 2.05) is 54.9 Å². The summed E-state index contributed by atoms with van der Waals surface area (Å²) in [6.45, 7) is 22.7. The van der Waals surface area contributed by atoms with Crippen LogP contribution in [0.25, 0.3) is 66.8 Å². The number of hydrogen-bond acceptors (Lipinski definition) is 4. The van der Waals surface area contributed by atoms with E-state index in [0.29, 0.717) is 5.92 Å². The van der Waals surface area contributed by atoms with Crippen LogP contribution < -0.4 is 5.19 Å². The van der Waals surface area contributed by atoms with E-state index in [9.17, 15) is 4.39 Å². The first-order valence-corrected chi connectivity index (χ1v) is 26.3. The van der Waals surface area contributed by atoms with Crippen LogP contribution in [0.3, 0.4) is 0 Å². The van der Waals surface area contributed by atoms with Gasteiger partial charge in [0.1, 0.15) is 17.0 Å². The third-order valence-electron chi connectivity index (χ3n) is 11.6. The van der Waals surface area contributed by atoms with E-state index in [2.05, 4.69) is 164 Å². The van der Waals surface area contributed by atoms with Gasteiger partial charge in [0.2, 0.25) is 0 Å². The van der Waals surface area contributed by atoms with Crippen LogP contribution in [0.5, 0.6) is 0 Å². The number of para-hydroxylation sites is 1. The number of halogens is 1. The minimum Gasteiger partial charge on any atom is -0.455 e. The number of aryl methyl sites for hydroxylation is 2. The molecule has 0 fully saturated rings. The van der Waals surface area contributed by atoms with Crippen LogP contribution in [-0.2, 0) is 32.9 Å². The van der Waals surface area contributed by atoms with Crippen molar-refractivity contribution in [3.05, 3.63) is 192 Å². The molecule has 9 aromatic rings. The predicted molar refractivity (Wildman–Crippen MR) is 276 cm³/mol. The Kier molecular flexibility index (Phi) is 16.2. The molecule has 339 valence electrons. The van der Waals surface area contributed by atoms with E-state index >= 15 is 0 Å². The summed E-state index contributed by atoms with van der Waals surface area (Å²) in [6, 6.07) is 48.3. The molecule has 5 aromatic carbocycles. The van der Waals surface area contributed by atoms with Crippen LogP contribution in [0, 0.1) is 18.2 Å². The van der Waals surface area contributed by atoms with Gasteiger partial charge < -0.3 is 4.42 Å². The quantitative estimate of drug-likeness (QED) is 0.142. The van der Waals surface area contributed by atoms with E-state index < -0.39 is 8.07 Å². The summed E-state index contributed by atoms with van der Waals surface area (Å²) >= 11 is 0.